The number of nitrogens with one attached hydrogen (secondary N) is 1. The minimum atomic E-state index is 0.439. The van der Waals surface area contributed by atoms with E-state index >= 15 is 0 Å². The van der Waals surface area contributed by atoms with E-state index in [0.717, 1.165) is 29.7 Å². The topological polar surface area (TPSA) is 15.3 Å². The second-order valence-corrected chi connectivity index (χ2v) is 12.8. The Labute approximate surface area is 185 Å². The lowest BCUT2D eigenvalue weighted by atomic mass is 9.39. The molecule has 5 aliphatic rings. The van der Waals surface area contributed by atoms with Gasteiger partial charge in [0.2, 0.25) is 0 Å². The summed E-state index contributed by atoms with van der Waals surface area (Å²) >= 11 is 0. The van der Waals surface area contributed by atoms with Gasteiger partial charge in [-0.2, -0.15) is 0 Å². The highest BCUT2D eigenvalue weighted by Crippen LogP contribution is 2.73. The fraction of sp³-hybridized carbons (Fsp3) is 0.857. The maximum absolute atomic E-state index is 3.89. The lowest BCUT2D eigenvalue weighted by Gasteiger charge is -2.65. The zero-order valence-corrected chi connectivity index (χ0v) is 20.6. The van der Waals surface area contributed by atoms with Crippen LogP contribution in [0.2, 0.25) is 0 Å². The first-order chi connectivity index (χ1) is 14.2. The van der Waals surface area contributed by atoms with Crippen molar-refractivity contribution in [2.75, 3.05) is 27.2 Å². The van der Waals surface area contributed by atoms with E-state index in [1.165, 1.54) is 70.0 Å². The average molecular weight is 411 g/mol. The summed E-state index contributed by atoms with van der Waals surface area (Å²) in [6, 6.07) is 0.750. The van der Waals surface area contributed by atoms with Crippen LogP contribution in [0.4, 0.5) is 0 Å². The molecule has 1 N–H and O–H groups in total. The van der Waals surface area contributed by atoms with Gasteiger partial charge in [0.25, 0.3) is 0 Å². The number of hydrogen-bond donors (Lipinski definition) is 1. The van der Waals surface area contributed by atoms with Crippen molar-refractivity contribution in [1.82, 2.24) is 10.2 Å². The molecule has 0 bridgehead atoms. The SMILES string of the molecule is CC(C)=CC[C@@H]1C[C@H]2[C@@](C)(CC=C3C[C@@H](N(C)C)CC[C@@]32C)[C@@H]2CC[C@@H]3CNC[C@]312. The smallest absolute Gasteiger partial charge is 0.0127 e. The predicted octanol–water partition coefficient (Wildman–Crippen LogP) is 6.05. The van der Waals surface area contributed by atoms with Crippen LogP contribution in [-0.4, -0.2) is 38.1 Å². The first-order valence-electron chi connectivity index (χ1n) is 12.9. The Hall–Kier alpha value is -0.600. The van der Waals surface area contributed by atoms with Crippen molar-refractivity contribution in [1.29, 1.82) is 0 Å². The van der Waals surface area contributed by atoms with Crippen LogP contribution in [0.15, 0.2) is 23.3 Å². The third-order valence-electron chi connectivity index (χ3n) is 11.2. The molecule has 0 aromatic rings. The van der Waals surface area contributed by atoms with Crippen LogP contribution in [0.3, 0.4) is 0 Å². The van der Waals surface area contributed by atoms with Crippen LogP contribution in [0.25, 0.3) is 0 Å². The van der Waals surface area contributed by atoms with E-state index in [1.54, 1.807) is 0 Å². The summed E-state index contributed by atoms with van der Waals surface area (Å²) in [5.41, 5.74) is 4.85. The molecule has 4 fully saturated rings. The van der Waals surface area contributed by atoms with E-state index in [9.17, 15) is 0 Å². The molecule has 1 heterocycles. The Morgan fingerprint density at radius 1 is 1.17 bits per heavy atom. The zero-order chi connectivity index (χ0) is 21.3. The number of hydrogen-bond acceptors (Lipinski definition) is 2. The minimum Gasteiger partial charge on any atom is -0.316 e. The maximum atomic E-state index is 3.89. The second-order valence-electron chi connectivity index (χ2n) is 12.8. The van der Waals surface area contributed by atoms with Gasteiger partial charge >= 0.3 is 0 Å². The van der Waals surface area contributed by atoms with Crippen LogP contribution in [0, 0.1) is 39.9 Å². The van der Waals surface area contributed by atoms with Crippen LogP contribution in [0.5, 0.6) is 0 Å². The van der Waals surface area contributed by atoms with Gasteiger partial charge < -0.3 is 10.2 Å². The highest BCUT2D eigenvalue weighted by Gasteiger charge is 2.68. The van der Waals surface area contributed by atoms with Gasteiger partial charge in [-0.1, -0.05) is 37.1 Å². The van der Waals surface area contributed by atoms with Crippen molar-refractivity contribution in [3.63, 3.8) is 0 Å². The van der Waals surface area contributed by atoms with Crippen molar-refractivity contribution in [2.45, 2.75) is 85.1 Å². The number of allylic oxidation sites excluding steroid dienone is 3. The molecule has 1 aliphatic heterocycles. The summed E-state index contributed by atoms with van der Waals surface area (Å²) in [5, 5.41) is 3.89. The third-order valence-corrected chi connectivity index (χ3v) is 11.2. The molecule has 4 aliphatic carbocycles. The lowest BCUT2D eigenvalue weighted by Crippen LogP contribution is -2.60. The summed E-state index contributed by atoms with van der Waals surface area (Å²) in [6.07, 6.45) is 16.5. The van der Waals surface area contributed by atoms with Crippen LogP contribution < -0.4 is 5.32 Å². The van der Waals surface area contributed by atoms with Gasteiger partial charge in [-0.3, -0.25) is 0 Å². The third kappa shape index (κ3) is 2.81. The highest BCUT2D eigenvalue weighted by atomic mass is 15.1. The van der Waals surface area contributed by atoms with Gasteiger partial charge in [-0.25, -0.2) is 0 Å². The van der Waals surface area contributed by atoms with E-state index in [2.05, 4.69) is 64.2 Å². The van der Waals surface area contributed by atoms with Crippen LogP contribution >= 0.6 is 0 Å². The molecule has 0 amide bonds. The predicted molar refractivity (Wildman–Crippen MR) is 127 cm³/mol. The van der Waals surface area contributed by atoms with Gasteiger partial charge in [-0.05, 0) is 126 Å². The Balaban J connectivity index is 1.55. The zero-order valence-electron chi connectivity index (χ0n) is 20.6. The first kappa shape index (κ1) is 21.3. The second kappa shape index (κ2) is 7.20. The minimum absolute atomic E-state index is 0.439. The molecule has 0 aromatic carbocycles. The molecular weight excluding hydrogens is 364 g/mol. The standard InChI is InChI=1S/C28H46N2/c1-19(2)7-8-21-16-25-26(3)14-12-23(30(5)6)15-20(26)11-13-27(25,4)24-10-9-22-17-29-18-28(21,22)24/h7,11,21-25,29H,8-10,12-18H2,1-6H3/t21-,22-,23+,24+,25-,26+,27+,28-/m1/s1. The Morgan fingerprint density at radius 2 is 1.97 bits per heavy atom. The molecular formula is C28H46N2. The summed E-state index contributed by atoms with van der Waals surface area (Å²) < 4.78 is 0. The quantitative estimate of drug-likeness (QED) is 0.570. The number of nitrogens with zero attached hydrogens (tertiary/aromatic N) is 1. The van der Waals surface area contributed by atoms with Crippen LogP contribution in [-0.2, 0) is 0 Å². The lowest BCUT2D eigenvalue weighted by molar-refractivity contribution is -0.135. The molecule has 168 valence electrons. The first-order valence-corrected chi connectivity index (χ1v) is 12.9. The Kier molecular flexibility index (Phi) is 5.10. The van der Waals surface area contributed by atoms with Gasteiger partial charge in [0, 0.05) is 12.6 Å². The molecule has 0 radical (unpaired) electrons. The molecule has 1 saturated heterocycles. The van der Waals surface area contributed by atoms with E-state index < -0.39 is 0 Å². The number of rotatable bonds is 3. The maximum Gasteiger partial charge on any atom is 0.0127 e. The van der Waals surface area contributed by atoms with E-state index in [-0.39, 0.29) is 0 Å². The van der Waals surface area contributed by atoms with Gasteiger partial charge in [0.15, 0.2) is 0 Å². The Morgan fingerprint density at radius 3 is 2.70 bits per heavy atom. The van der Waals surface area contributed by atoms with Gasteiger partial charge in [-0.15, -0.1) is 0 Å². The average Bonchev–Trinajstić information content (AvgIpc) is 3.25. The van der Waals surface area contributed by atoms with Crippen molar-refractivity contribution in [3.05, 3.63) is 23.3 Å². The normalized spacial score (nSPS) is 49.7. The van der Waals surface area contributed by atoms with Crippen molar-refractivity contribution < 1.29 is 0 Å². The molecule has 2 heteroatoms. The highest BCUT2D eigenvalue weighted by molar-refractivity contribution is 5.30. The molecule has 30 heavy (non-hydrogen) atoms. The van der Waals surface area contributed by atoms with E-state index in [1.807, 2.05) is 5.57 Å². The van der Waals surface area contributed by atoms with E-state index in [0.29, 0.717) is 16.2 Å². The van der Waals surface area contributed by atoms with E-state index in [4.69, 9.17) is 0 Å². The van der Waals surface area contributed by atoms with Crippen molar-refractivity contribution in [2.24, 2.45) is 39.9 Å². The Bertz CT molecular complexity index is 746. The molecule has 0 aromatic heterocycles. The largest absolute Gasteiger partial charge is 0.316 e. The molecule has 0 unspecified atom stereocenters. The molecule has 5 rings (SSSR count). The van der Waals surface area contributed by atoms with Gasteiger partial charge in [0.05, 0.1) is 0 Å². The number of fused-ring (bicyclic) bond motifs is 4. The summed E-state index contributed by atoms with van der Waals surface area (Å²) in [4.78, 5) is 2.48. The molecule has 1 spiro atoms. The molecule has 2 nitrogen and oxygen atoms in total. The van der Waals surface area contributed by atoms with Crippen LogP contribution in [0.1, 0.15) is 79.1 Å². The monoisotopic (exact) mass is 410 g/mol. The summed E-state index contributed by atoms with van der Waals surface area (Å²) in [5.74, 6) is 3.60. The van der Waals surface area contributed by atoms with Crippen molar-refractivity contribution in [3.8, 4) is 0 Å². The summed E-state index contributed by atoms with van der Waals surface area (Å²) in [6.45, 7) is 12.6. The van der Waals surface area contributed by atoms with Gasteiger partial charge in [0.1, 0.15) is 0 Å². The molecule has 8 atom stereocenters. The summed E-state index contributed by atoms with van der Waals surface area (Å²) in [7, 11) is 4.57. The fourth-order valence-corrected chi connectivity index (χ4v) is 9.61. The molecule has 3 saturated carbocycles. The van der Waals surface area contributed by atoms with Crippen molar-refractivity contribution >= 4 is 0 Å². The fourth-order valence-electron chi connectivity index (χ4n) is 9.61.